The summed E-state index contributed by atoms with van der Waals surface area (Å²) in [5.41, 5.74) is 6.73. The molecule has 2 aromatic rings. The maximum atomic E-state index is 13.2. The zero-order valence-electron chi connectivity index (χ0n) is 16.6. The van der Waals surface area contributed by atoms with E-state index in [1.807, 2.05) is 30.3 Å². The maximum absolute atomic E-state index is 13.2. The molecule has 0 fully saturated rings. The van der Waals surface area contributed by atoms with Crippen molar-refractivity contribution in [3.8, 4) is 0 Å². The molecule has 0 radical (unpaired) electrons. The van der Waals surface area contributed by atoms with E-state index in [1.54, 1.807) is 6.92 Å². The lowest BCUT2D eigenvalue weighted by Gasteiger charge is -2.15. The summed E-state index contributed by atoms with van der Waals surface area (Å²) in [5.74, 6) is 0.688. The fraction of sp³-hybridized carbons (Fsp3) is 0.333. The zero-order valence-corrected chi connectivity index (χ0v) is 16.6. The molecule has 0 aliphatic heterocycles. The standard InChI is InChI=1S/C24H27NO2/c1-15-10-16(2)22(17(3)11-15)23-21(13-20(24(23)26)12-18(4)25)27-14-19-8-6-5-7-9-19/h5-11,20,25H,12-14H2,1-4H3. The van der Waals surface area contributed by atoms with Gasteiger partial charge >= 0.3 is 0 Å². The summed E-state index contributed by atoms with van der Waals surface area (Å²) in [6.45, 7) is 8.40. The second-order valence-electron chi connectivity index (χ2n) is 7.60. The third-order valence-corrected chi connectivity index (χ3v) is 5.06. The van der Waals surface area contributed by atoms with Crippen molar-refractivity contribution in [2.45, 2.75) is 47.1 Å². The topological polar surface area (TPSA) is 50.1 Å². The summed E-state index contributed by atoms with van der Waals surface area (Å²) in [6, 6.07) is 14.2. The highest BCUT2D eigenvalue weighted by Crippen LogP contribution is 2.40. The molecule has 0 aromatic heterocycles. The number of carbonyl (C=O) groups is 1. The van der Waals surface area contributed by atoms with E-state index in [0.717, 1.165) is 28.0 Å². The van der Waals surface area contributed by atoms with Crippen molar-refractivity contribution in [2.24, 2.45) is 5.92 Å². The number of nitrogens with one attached hydrogen (secondary N) is 1. The Bertz CT molecular complexity index is 886. The van der Waals surface area contributed by atoms with Gasteiger partial charge in [0.15, 0.2) is 5.78 Å². The van der Waals surface area contributed by atoms with Crippen LogP contribution >= 0.6 is 0 Å². The van der Waals surface area contributed by atoms with Crippen LogP contribution in [0.25, 0.3) is 5.57 Å². The molecule has 0 amide bonds. The zero-order chi connectivity index (χ0) is 19.6. The summed E-state index contributed by atoms with van der Waals surface area (Å²) < 4.78 is 6.17. The fourth-order valence-electron chi connectivity index (χ4n) is 4.01. The number of rotatable bonds is 6. The number of hydrogen-bond donors (Lipinski definition) is 1. The molecule has 0 heterocycles. The molecule has 3 nitrogen and oxygen atoms in total. The largest absolute Gasteiger partial charge is 0.492 e. The summed E-state index contributed by atoms with van der Waals surface area (Å²) >= 11 is 0. The van der Waals surface area contributed by atoms with Gasteiger partial charge in [-0.25, -0.2) is 0 Å². The summed E-state index contributed by atoms with van der Waals surface area (Å²) in [6.07, 6.45) is 1.06. The van der Waals surface area contributed by atoms with Crippen molar-refractivity contribution in [1.29, 1.82) is 5.41 Å². The van der Waals surface area contributed by atoms with Crippen LogP contribution in [-0.2, 0) is 16.1 Å². The number of allylic oxidation sites excluding steroid dienone is 2. The van der Waals surface area contributed by atoms with Gasteiger partial charge in [-0.05, 0) is 56.4 Å². The molecular weight excluding hydrogens is 334 g/mol. The van der Waals surface area contributed by atoms with Crippen molar-refractivity contribution < 1.29 is 9.53 Å². The maximum Gasteiger partial charge on any atom is 0.170 e. The molecular formula is C24H27NO2. The Morgan fingerprint density at radius 3 is 2.33 bits per heavy atom. The van der Waals surface area contributed by atoms with E-state index in [1.165, 1.54) is 5.56 Å². The normalized spacial score (nSPS) is 16.7. The SMILES string of the molecule is CC(=N)CC1CC(OCc2ccccc2)=C(c2c(C)cc(C)cc2C)C1=O. The first-order valence-corrected chi connectivity index (χ1v) is 9.43. The molecule has 3 heteroatoms. The number of benzene rings is 2. The van der Waals surface area contributed by atoms with Crippen LogP contribution in [0.15, 0.2) is 48.2 Å². The third-order valence-electron chi connectivity index (χ3n) is 5.06. The van der Waals surface area contributed by atoms with Crippen LogP contribution in [0.5, 0.6) is 0 Å². The minimum absolute atomic E-state index is 0.111. The minimum Gasteiger partial charge on any atom is -0.492 e. The van der Waals surface area contributed by atoms with Crippen LogP contribution in [0.4, 0.5) is 0 Å². The molecule has 0 saturated heterocycles. The molecule has 0 saturated carbocycles. The Balaban J connectivity index is 1.99. The van der Waals surface area contributed by atoms with E-state index in [9.17, 15) is 4.79 Å². The number of ether oxygens (including phenoxy) is 1. The van der Waals surface area contributed by atoms with Crippen LogP contribution in [0.2, 0.25) is 0 Å². The highest BCUT2D eigenvalue weighted by molar-refractivity contribution is 6.25. The molecule has 1 unspecified atom stereocenters. The minimum atomic E-state index is -0.191. The Morgan fingerprint density at radius 1 is 1.11 bits per heavy atom. The fourth-order valence-corrected chi connectivity index (χ4v) is 4.01. The van der Waals surface area contributed by atoms with Gasteiger partial charge in [0.1, 0.15) is 12.4 Å². The first-order valence-electron chi connectivity index (χ1n) is 9.43. The lowest BCUT2D eigenvalue weighted by molar-refractivity contribution is -0.116. The third kappa shape index (κ3) is 4.19. The van der Waals surface area contributed by atoms with Gasteiger partial charge in [-0.3, -0.25) is 4.79 Å². The van der Waals surface area contributed by atoms with Crippen LogP contribution in [-0.4, -0.2) is 11.5 Å². The first kappa shape index (κ1) is 19.1. The van der Waals surface area contributed by atoms with Crippen molar-refractivity contribution in [3.05, 3.63) is 76.0 Å². The summed E-state index contributed by atoms with van der Waals surface area (Å²) in [7, 11) is 0. The Hall–Kier alpha value is -2.68. The Kier molecular flexibility index (Phi) is 5.59. The van der Waals surface area contributed by atoms with Gasteiger partial charge in [0.2, 0.25) is 0 Å². The van der Waals surface area contributed by atoms with Gasteiger partial charge < -0.3 is 10.1 Å². The smallest absolute Gasteiger partial charge is 0.170 e. The van der Waals surface area contributed by atoms with E-state index >= 15 is 0 Å². The van der Waals surface area contributed by atoms with E-state index in [4.69, 9.17) is 10.1 Å². The summed E-state index contributed by atoms with van der Waals surface area (Å²) in [5, 5.41) is 7.82. The molecule has 1 aliphatic rings. The molecule has 3 rings (SSSR count). The van der Waals surface area contributed by atoms with Crippen molar-refractivity contribution in [2.75, 3.05) is 0 Å². The van der Waals surface area contributed by atoms with Crippen molar-refractivity contribution >= 4 is 17.1 Å². The second kappa shape index (κ2) is 7.91. The number of hydrogen-bond acceptors (Lipinski definition) is 3. The first-order chi connectivity index (χ1) is 12.9. The van der Waals surface area contributed by atoms with Crippen LogP contribution in [0, 0.1) is 32.1 Å². The highest BCUT2D eigenvalue weighted by Gasteiger charge is 2.36. The lowest BCUT2D eigenvalue weighted by Crippen LogP contribution is -2.13. The molecule has 1 aliphatic carbocycles. The van der Waals surface area contributed by atoms with Crippen LogP contribution in [0.1, 0.15) is 47.6 Å². The van der Waals surface area contributed by atoms with Gasteiger partial charge in [0.05, 0.1) is 5.57 Å². The average molecular weight is 361 g/mol. The van der Waals surface area contributed by atoms with Gasteiger partial charge in [0.25, 0.3) is 0 Å². The van der Waals surface area contributed by atoms with E-state index in [-0.39, 0.29) is 11.7 Å². The van der Waals surface area contributed by atoms with Gasteiger partial charge in [-0.2, -0.15) is 0 Å². The van der Waals surface area contributed by atoms with Gasteiger partial charge in [-0.1, -0.05) is 48.0 Å². The molecule has 140 valence electrons. The predicted molar refractivity (Wildman–Crippen MR) is 110 cm³/mol. The van der Waals surface area contributed by atoms with E-state index in [2.05, 4.69) is 32.9 Å². The Morgan fingerprint density at radius 2 is 1.74 bits per heavy atom. The quantitative estimate of drug-likeness (QED) is 0.685. The molecule has 1 N–H and O–H groups in total. The lowest BCUT2D eigenvalue weighted by atomic mass is 9.90. The number of Topliss-reactive ketones (excluding diaryl/α,β-unsaturated/α-hetero) is 1. The number of ketones is 1. The predicted octanol–water partition coefficient (Wildman–Crippen LogP) is 5.56. The van der Waals surface area contributed by atoms with Gasteiger partial charge in [-0.15, -0.1) is 0 Å². The van der Waals surface area contributed by atoms with Gasteiger partial charge in [0, 0.05) is 18.1 Å². The van der Waals surface area contributed by atoms with Crippen LogP contribution in [0.3, 0.4) is 0 Å². The number of aryl methyl sites for hydroxylation is 3. The van der Waals surface area contributed by atoms with Crippen molar-refractivity contribution in [1.82, 2.24) is 0 Å². The number of carbonyl (C=O) groups excluding carboxylic acids is 1. The summed E-state index contributed by atoms with van der Waals surface area (Å²) in [4.78, 5) is 13.2. The molecule has 27 heavy (non-hydrogen) atoms. The molecule has 0 spiro atoms. The molecule has 2 aromatic carbocycles. The second-order valence-corrected chi connectivity index (χ2v) is 7.60. The highest BCUT2D eigenvalue weighted by atomic mass is 16.5. The van der Waals surface area contributed by atoms with E-state index in [0.29, 0.717) is 30.7 Å². The van der Waals surface area contributed by atoms with Crippen LogP contribution < -0.4 is 0 Å². The molecule has 1 atom stereocenters. The van der Waals surface area contributed by atoms with Crippen molar-refractivity contribution in [3.63, 3.8) is 0 Å². The monoisotopic (exact) mass is 361 g/mol. The molecule has 0 bridgehead atoms. The Labute approximate surface area is 161 Å². The average Bonchev–Trinajstić information content (AvgIpc) is 2.89. The van der Waals surface area contributed by atoms with E-state index < -0.39 is 0 Å².